The van der Waals surface area contributed by atoms with Crippen LogP contribution in [0.15, 0.2) is 48.5 Å². The largest absolute Gasteiger partial charge is 0.249 e. The molecule has 4 rings (SSSR count). The molecule has 4 aromatic rings. The van der Waals surface area contributed by atoms with Gasteiger partial charge in [0.05, 0.1) is 0 Å². The number of aromatic nitrogens is 7. The minimum absolute atomic E-state index is 0.594. The van der Waals surface area contributed by atoms with Crippen LogP contribution in [-0.2, 0) is 19.4 Å². The number of thiol groups is 1. The summed E-state index contributed by atoms with van der Waals surface area (Å²) in [5.74, 6) is 3.25. The van der Waals surface area contributed by atoms with E-state index in [-0.39, 0.29) is 0 Å². The Morgan fingerprint density at radius 1 is 1.00 bits per heavy atom. The molecule has 0 spiro atoms. The van der Waals surface area contributed by atoms with E-state index in [4.69, 9.17) is 10.1 Å². The van der Waals surface area contributed by atoms with E-state index in [2.05, 4.69) is 75.2 Å². The van der Waals surface area contributed by atoms with E-state index in [0.717, 1.165) is 59.9 Å². The van der Waals surface area contributed by atoms with Crippen LogP contribution in [0.4, 0.5) is 0 Å². The van der Waals surface area contributed by atoms with Crippen LogP contribution in [-0.4, -0.2) is 41.1 Å². The molecule has 0 bridgehead atoms. The number of nitrogens with one attached hydrogen (secondary N) is 1. The number of nitrogens with zero attached hydrogens (tertiary/aromatic N) is 6. The van der Waals surface area contributed by atoms with Crippen molar-refractivity contribution in [3.05, 3.63) is 65.7 Å². The van der Waals surface area contributed by atoms with Crippen LogP contribution in [0.5, 0.6) is 0 Å². The Hall–Kier alpha value is -3.00. The summed E-state index contributed by atoms with van der Waals surface area (Å²) < 4.78 is 2.08. The van der Waals surface area contributed by atoms with E-state index in [0.29, 0.717) is 5.82 Å². The van der Waals surface area contributed by atoms with Gasteiger partial charge in [-0.3, -0.25) is 0 Å². The van der Waals surface area contributed by atoms with Gasteiger partial charge in [-0.15, -0.1) is 10.2 Å². The molecule has 2 heterocycles. The summed E-state index contributed by atoms with van der Waals surface area (Å²) in [6.07, 6.45) is 5.08. The van der Waals surface area contributed by atoms with Gasteiger partial charge in [0, 0.05) is 24.9 Å². The van der Waals surface area contributed by atoms with Gasteiger partial charge in [-0.1, -0.05) is 68.3 Å². The molecular weight excluding hydrogens is 406 g/mol. The number of hydrogen-bond donors (Lipinski definition) is 2. The molecule has 0 amide bonds. The third-order valence-electron chi connectivity index (χ3n) is 5.24. The number of tetrazole rings is 1. The Balaban J connectivity index is 1.55. The second kappa shape index (κ2) is 10.3. The standard InChI is InChI=1S/C23H27N7S/c1-2-3-6-14-30-22(24-21(27-30)13-15-31)16-17-9-11-18(12-10-17)19-7-4-5-8-20(19)23-25-28-29-26-23/h4-5,7-12,31H,2-3,6,13-16H2,1H3,(H,25,26,28,29). The third kappa shape index (κ3) is 5.19. The van der Waals surface area contributed by atoms with E-state index >= 15 is 0 Å². The lowest BCUT2D eigenvalue weighted by molar-refractivity contribution is 0.531. The van der Waals surface area contributed by atoms with Crippen LogP contribution in [0.2, 0.25) is 0 Å². The lowest BCUT2D eigenvalue weighted by Crippen LogP contribution is -2.07. The van der Waals surface area contributed by atoms with Gasteiger partial charge in [-0.25, -0.2) is 9.67 Å². The van der Waals surface area contributed by atoms with Crippen molar-refractivity contribution in [1.29, 1.82) is 0 Å². The highest BCUT2D eigenvalue weighted by atomic mass is 32.1. The van der Waals surface area contributed by atoms with E-state index in [9.17, 15) is 0 Å². The van der Waals surface area contributed by atoms with E-state index in [1.165, 1.54) is 18.4 Å². The Morgan fingerprint density at radius 2 is 1.81 bits per heavy atom. The number of H-pyrrole nitrogens is 1. The van der Waals surface area contributed by atoms with Gasteiger partial charge in [0.15, 0.2) is 5.82 Å². The molecule has 2 aromatic carbocycles. The van der Waals surface area contributed by atoms with Crippen LogP contribution in [0.25, 0.3) is 22.5 Å². The minimum Gasteiger partial charge on any atom is -0.249 e. The Bertz CT molecular complexity index is 1090. The van der Waals surface area contributed by atoms with Crippen molar-refractivity contribution in [2.75, 3.05) is 5.75 Å². The molecule has 0 aliphatic carbocycles. The minimum atomic E-state index is 0.594. The van der Waals surface area contributed by atoms with Crippen LogP contribution in [0, 0.1) is 0 Å². The molecule has 0 saturated heterocycles. The number of rotatable bonds is 10. The third-order valence-corrected chi connectivity index (χ3v) is 5.47. The predicted octanol–water partition coefficient (Wildman–Crippen LogP) is 4.38. The van der Waals surface area contributed by atoms with Gasteiger partial charge < -0.3 is 0 Å². The Labute approximate surface area is 187 Å². The monoisotopic (exact) mass is 433 g/mol. The normalized spacial score (nSPS) is 11.2. The Morgan fingerprint density at radius 3 is 2.52 bits per heavy atom. The number of aryl methyl sites for hydroxylation is 2. The molecular formula is C23H27N7S. The summed E-state index contributed by atoms with van der Waals surface area (Å²) in [5, 5.41) is 19.2. The lowest BCUT2D eigenvalue weighted by Gasteiger charge is -2.09. The fourth-order valence-electron chi connectivity index (χ4n) is 3.64. The SMILES string of the molecule is CCCCCn1nc(CCS)nc1Cc1ccc(-c2ccccc2-c2nn[nH]n2)cc1. The van der Waals surface area contributed by atoms with Crippen molar-refractivity contribution >= 4 is 12.6 Å². The van der Waals surface area contributed by atoms with Crippen LogP contribution >= 0.6 is 12.6 Å². The van der Waals surface area contributed by atoms with Crippen molar-refractivity contribution in [3.63, 3.8) is 0 Å². The van der Waals surface area contributed by atoms with Crippen LogP contribution < -0.4 is 0 Å². The highest BCUT2D eigenvalue weighted by Gasteiger charge is 2.13. The summed E-state index contributed by atoms with van der Waals surface area (Å²) in [4.78, 5) is 4.78. The van der Waals surface area contributed by atoms with Gasteiger partial charge in [-0.05, 0) is 34.1 Å². The molecule has 2 aromatic heterocycles. The average molecular weight is 434 g/mol. The van der Waals surface area contributed by atoms with Gasteiger partial charge in [0.2, 0.25) is 5.82 Å². The zero-order chi connectivity index (χ0) is 21.5. The highest BCUT2D eigenvalue weighted by molar-refractivity contribution is 7.80. The maximum atomic E-state index is 4.78. The highest BCUT2D eigenvalue weighted by Crippen LogP contribution is 2.30. The summed E-state index contributed by atoms with van der Waals surface area (Å²) in [5.41, 5.74) is 4.36. The molecule has 0 atom stereocenters. The van der Waals surface area contributed by atoms with Gasteiger partial charge in [0.25, 0.3) is 0 Å². The zero-order valence-corrected chi connectivity index (χ0v) is 18.6. The van der Waals surface area contributed by atoms with E-state index in [1.54, 1.807) is 0 Å². The first-order valence-corrected chi connectivity index (χ1v) is 11.4. The maximum Gasteiger partial charge on any atom is 0.205 e. The molecule has 0 aliphatic heterocycles. The first-order chi connectivity index (χ1) is 15.3. The first-order valence-electron chi connectivity index (χ1n) is 10.7. The Kier molecular flexibility index (Phi) is 7.09. The maximum absolute atomic E-state index is 4.78. The molecule has 0 fully saturated rings. The molecule has 31 heavy (non-hydrogen) atoms. The van der Waals surface area contributed by atoms with E-state index in [1.807, 2.05) is 18.2 Å². The molecule has 0 saturated carbocycles. The fourth-order valence-corrected chi connectivity index (χ4v) is 3.84. The summed E-state index contributed by atoms with van der Waals surface area (Å²) in [6.45, 7) is 3.13. The molecule has 8 heteroatoms. The number of unbranched alkanes of at least 4 members (excludes halogenated alkanes) is 2. The number of benzene rings is 2. The van der Waals surface area contributed by atoms with E-state index < -0.39 is 0 Å². The number of aromatic amines is 1. The summed E-state index contributed by atoms with van der Waals surface area (Å²) >= 11 is 4.33. The van der Waals surface area contributed by atoms with Crippen molar-refractivity contribution in [2.45, 2.75) is 45.6 Å². The van der Waals surface area contributed by atoms with Gasteiger partial charge in [-0.2, -0.15) is 22.9 Å². The first kappa shape index (κ1) is 21.2. The predicted molar refractivity (Wildman–Crippen MR) is 125 cm³/mol. The van der Waals surface area contributed by atoms with Gasteiger partial charge >= 0.3 is 0 Å². The molecule has 160 valence electrons. The molecule has 0 unspecified atom stereocenters. The van der Waals surface area contributed by atoms with Gasteiger partial charge in [0.1, 0.15) is 5.82 Å². The molecule has 7 nitrogen and oxygen atoms in total. The van der Waals surface area contributed by atoms with Crippen LogP contribution in [0.1, 0.15) is 43.4 Å². The van der Waals surface area contributed by atoms with Crippen molar-refractivity contribution in [2.24, 2.45) is 0 Å². The lowest BCUT2D eigenvalue weighted by atomic mass is 9.98. The quantitative estimate of drug-likeness (QED) is 0.286. The summed E-state index contributed by atoms with van der Waals surface area (Å²) in [7, 11) is 0. The molecule has 1 N–H and O–H groups in total. The topological polar surface area (TPSA) is 85.2 Å². The number of hydrogen-bond acceptors (Lipinski definition) is 6. The molecule has 0 radical (unpaired) electrons. The van der Waals surface area contributed by atoms with Crippen molar-refractivity contribution in [3.8, 4) is 22.5 Å². The summed E-state index contributed by atoms with van der Waals surface area (Å²) in [6, 6.07) is 16.7. The van der Waals surface area contributed by atoms with Crippen molar-refractivity contribution < 1.29 is 0 Å². The second-order valence-electron chi connectivity index (χ2n) is 7.50. The van der Waals surface area contributed by atoms with Crippen molar-refractivity contribution in [1.82, 2.24) is 35.4 Å². The van der Waals surface area contributed by atoms with Crippen LogP contribution in [0.3, 0.4) is 0 Å². The average Bonchev–Trinajstić information content (AvgIpc) is 3.46. The smallest absolute Gasteiger partial charge is 0.205 e. The molecule has 0 aliphatic rings. The fraction of sp³-hybridized carbons (Fsp3) is 0.348. The second-order valence-corrected chi connectivity index (χ2v) is 7.95. The zero-order valence-electron chi connectivity index (χ0n) is 17.7.